The van der Waals surface area contributed by atoms with E-state index >= 15 is 0 Å². The first-order chi connectivity index (χ1) is 14.8. The molecular weight excluding hydrogens is 386 g/mol. The normalized spacial score (nSPS) is 22.1. The highest BCUT2D eigenvalue weighted by atomic mass is 16.2. The average molecular weight is 434 g/mol. The first-order valence-electron chi connectivity index (χ1n) is 12.2. The van der Waals surface area contributed by atoms with E-state index in [0.717, 1.165) is 18.4 Å². The third kappa shape index (κ3) is 9.86. The molecule has 0 bridgehead atoms. The third-order valence-electron chi connectivity index (χ3n) is 5.77. The van der Waals surface area contributed by atoms with E-state index < -0.39 is 6.04 Å². The molecule has 0 radical (unpaired) electrons. The second-order valence-corrected chi connectivity index (χ2v) is 8.44. The van der Waals surface area contributed by atoms with Crippen LogP contribution in [0.1, 0.15) is 86.3 Å². The van der Waals surface area contributed by atoms with Crippen LogP contribution in [0.15, 0.2) is 30.3 Å². The number of hydrogen-bond donors (Lipinski definition) is 3. The molecule has 2 rings (SSSR count). The molecule has 2 unspecified atom stereocenters. The Kier molecular flexibility index (Phi) is 14.9. The minimum atomic E-state index is -0.587. The van der Waals surface area contributed by atoms with Gasteiger partial charge in [0.05, 0.1) is 12.1 Å². The van der Waals surface area contributed by atoms with Crippen molar-refractivity contribution in [2.75, 3.05) is 6.54 Å². The van der Waals surface area contributed by atoms with Crippen molar-refractivity contribution in [3.8, 4) is 0 Å². The summed E-state index contributed by atoms with van der Waals surface area (Å²) in [6.07, 6.45) is 3.25. The summed E-state index contributed by atoms with van der Waals surface area (Å²) < 4.78 is 0. The Morgan fingerprint density at radius 3 is 2.13 bits per heavy atom. The maximum atomic E-state index is 13.0. The Labute approximate surface area is 190 Å². The molecule has 0 heterocycles. The highest BCUT2D eigenvalue weighted by Gasteiger charge is 2.35. The lowest BCUT2D eigenvalue weighted by molar-refractivity contribution is -0.130. The van der Waals surface area contributed by atoms with E-state index in [1.54, 1.807) is 6.92 Å². The zero-order valence-corrected chi connectivity index (χ0v) is 21.1. The summed E-state index contributed by atoms with van der Waals surface area (Å²) in [5.41, 5.74) is 6.66. The van der Waals surface area contributed by atoms with E-state index in [1.165, 1.54) is 6.42 Å². The molecule has 5 heteroatoms. The van der Waals surface area contributed by atoms with Gasteiger partial charge in [-0.2, -0.15) is 0 Å². The fourth-order valence-corrected chi connectivity index (χ4v) is 4.08. The number of carbonyl (C=O) groups is 2. The Hall–Kier alpha value is -1.88. The lowest BCUT2D eigenvalue weighted by Crippen LogP contribution is -2.46. The van der Waals surface area contributed by atoms with Crippen LogP contribution in [0.2, 0.25) is 0 Å². The van der Waals surface area contributed by atoms with Gasteiger partial charge in [-0.15, -0.1) is 0 Å². The SMILES string of the molecule is CC.CC.CC1CC[C@@H](C(C)C)[C@H](C(=O)NCC(NC(=O)[C@@H](C)N)c2ccccc2)C1. The molecule has 31 heavy (non-hydrogen) atoms. The Morgan fingerprint density at radius 1 is 1.03 bits per heavy atom. The van der Waals surface area contributed by atoms with Crippen LogP contribution in [0.3, 0.4) is 0 Å². The van der Waals surface area contributed by atoms with E-state index in [4.69, 9.17) is 5.73 Å². The number of rotatable bonds is 7. The highest BCUT2D eigenvalue weighted by Crippen LogP contribution is 2.38. The largest absolute Gasteiger partial charge is 0.353 e. The van der Waals surface area contributed by atoms with E-state index in [2.05, 4.69) is 31.4 Å². The molecule has 0 aromatic heterocycles. The maximum absolute atomic E-state index is 13.0. The van der Waals surface area contributed by atoms with Crippen LogP contribution in [0.5, 0.6) is 0 Å². The third-order valence-corrected chi connectivity index (χ3v) is 5.77. The number of benzene rings is 1. The zero-order valence-electron chi connectivity index (χ0n) is 21.1. The molecule has 1 aromatic carbocycles. The lowest BCUT2D eigenvalue weighted by atomic mass is 9.70. The number of nitrogens with two attached hydrogens (primary N) is 1. The Balaban J connectivity index is 0.00000212. The molecule has 5 atom stereocenters. The van der Waals surface area contributed by atoms with Gasteiger partial charge in [0.2, 0.25) is 11.8 Å². The zero-order chi connectivity index (χ0) is 24.0. The molecule has 1 aliphatic carbocycles. The molecular formula is C26H47N3O2. The van der Waals surface area contributed by atoms with Crippen molar-refractivity contribution in [2.45, 2.75) is 86.7 Å². The van der Waals surface area contributed by atoms with Gasteiger partial charge in [0.15, 0.2) is 0 Å². The van der Waals surface area contributed by atoms with Crippen LogP contribution in [0, 0.1) is 23.7 Å². The van der Waals surface area contributed by atoms with Crippen molar-refractivity contribution in [1.29, 1.82) is 0 Å². The van der Waals surface area contributed by atoms with Gasteiger partial charge in [-0.05, 0) is 43.1 Å². The van der Waals surface area contributed by atoms with Crippen molar-refractivity contribution in [2.24, 2.45) is 29.4 Å². The second kappa shape index (κ2) is 15.9. The van der Waals surface area contributed by atoms with Crippen molar-refractivity contribution < 1.29 is 9.59 Å². The van der Waals surface area contributed by atoms with Crippen LogP contribution in [-0.4, -0.2) is 24.4 Å². The Morgan fingerprint density at radius 2 is 1.61 bits per heavy atom. The van der Waals surface area contributed by atoms with E-state index in [1.807, 2.05) is 58.0 Å². The van der Waals surface area contributed by atoms with Crippen LogP contribution in [0.25, 0.3) is 0 Å². The molecule has 1 aromatic rings. The van der Waals surface area contributed by atoms with Gasteiger partial charge in [-0.3, -0.25) is 9.59 Å². The lowest BCUT2D eigenvalue weighted by Gasteiger charge is -2.36. The van der Waals surface area contributed by atoms with Gasteiger partial charge in [-0.1, -0.05) is 85.2 Å². The monoisotopic (exact) mass is 433 g/mol. The fraction of sp³-hybridized carbons (Fsp3) is 0.692. The standard InChI is InChI=1S/C22H35N3O2.2C2H6/c1-14(2)18-11-10-15(3)12-19(18)22(27)24-13-20(25-21(26)16(4)23)17-8-6-5-7-9-17;2*1-2/h5-9,14-16,18-20H,10-13,23H2,1-4H3,(H,24,27)(H,25,26);2*1-2H3/t15?,16-,18+,19-,20?;;/m1../s1. The van der Waals surface area contributed by atoms with Crippen molar-refractivity contribution in [3.63, 3.8) is 0 Å². The minimum Gasteiger partial charge on any atom is -0.353 e. The highest BCUT2D eigenvalue weighted by molar-refractivity contribution is 5.82. The molecule has 1 fully saturated rings. The van der Waals surface area contributed by atoms with Gasteiger partial charge in [0, 0.05) is 12.5 Å². The molecule has 0 spiro atoms. The van der Waals surface area contributed by atoms with E-state index in [0.29, 0.717) is 24.3 Å². The van der Waals surface area contributed by atoms with E-state index in [9.17, 15) is 9.59 Å². The van der Waals surface area contributed by atoms with Crippen LogP contribution in [-0.2, 0) is 9.59 Å². The van der Waals surface area contributed by atoms with Gasteiger partial charge < -0.3 is 16.4 Å². The summed E-state index contributed by atoms with van der Waals surface area (Å²) in [5, 5.41) is 6.06. The van der Waals surface area contributed by atoms with Gasteiger partial charge in [0.25, 0.3) is 0 Å². The van der Waals surface area contributed by atoms with Gasteiger partial charge in [-0.25, -0.2) is 0 Å². The summed E-state index contributed by atoms with van der Waals surface area (Å²) in [6, 6.07) is 8.84. The molecule has 0 saturated heterocycles. The molecule has 5 nitrogen and oxygen atoms in total. The second-order valence-electron chi connectivity index (χ2n) is 8.44. The number of hydrogen-bond acceptors (Lipinski definition) is 3. The van der Waals surface area contributed by atoms with E-state index in [-0.39, 0.29) is 23.8 Å². The summed E-state index contributed by atoms with van der Waals surface area (Å²) in [6.45, 7) is 16.7. The molecule has 0 aliphatic heterocycles. The Bertz CT molecular complexity index is 616. The summed E-state index contributed by atoms with van der Waals surface area (Å²) >= 11 is 0. The van der Waals surface area contributed by atoms with Crippen molar-refractivity contribution in [1.82, 2.24) is 10.6 Å². The smallest absolute Gasteiger partial charge is 0.237 e. The number of carbonyl (C=O) groups excluding carboxylic acids is 2. The predicted octanol–water partition coefficient (Wildman–Crippen LogP) is 5.07. The van der Waals surface area contributed by atoms with Gasteiger partial charge in [0.1, 0.15) is 0 Å². The first kappa shape index (κ1) is 29.1. The molecule has 1 aliphatic rings. The molecule has 1 saturated carbocycles. The van der Waals surface area contributed by atoms with Crippen LogP contribution < -0.4 is 16.4 Å². The minimum absolute atomic E-state index is 0.0503. The molecule has 2 amide bonds. The predicted molar refractivity (Wildman–Crippen MR) is 132 cm³/mol. The van der Waals surface area contributed by atoms with Crippen LogP contribution in [0.4, 0.5) is 0 Å². The first-order valence-corrected chi connectivity index (χ1v) is 12.2. The average Bonchev–Trinajstić information content (AvgIpc) is 2.79. The molecule has 4 N–H and O–H groups in total. The summed E-state index contributed by atoms with van der Waals surface area (Å²) in [4.78, 5) is 25.1. The molecule has 178 valence electrons. The maximum Gasteiger partial charge on any atom is 0.237 e. The number of amides is 2. The van der Waals surface area contributed by atoms with Gasteiger partial charge >= 0.3 is 0 Å². The van der Waals surface area contributed by atoms with Crippen molar-refractivity contribution in [3.05, 3.63) is 35.9 Å². The summed E-state index contributed by atoms with van der Waals surface area (Å²) in [5.74, 6) is 1.44. The fourth-order valence-electron chi connectivity index (χ4n) is 4.08. The van der Waals surface area contributed by atoms with Crippen LogP contribution >= 0.6 is 0 Å². The summed E-state index contributed by atoms with van der Waals surface area (Å²) in [7, 11) is 0. The quantitative estimate of drug-likeness (QED) is 0.561. The topological polar surface area (TPSA) is 84.2 Å². The number of nitrogens with one attached hydrogen (secondary N) is 2. The van der Waals surface area contributed by atoms with Crippen molar-refractivity contribution >= 4 is 11.8 Å².